The fraction of sp³-hybridized carbons (Fsp3) is 0.310. The van der Waals surface area contributed by atoms with E-state index < -0.39 is 6.04 Å². The second kappa shape index (κ2) is 13.9. The van der Waals surface area contributed by atoms with Crippen LogP contribution in [0.5, 0.6) is 11.5 Å². The summed E-state index contributed by atoms with van der Waals surface area (Å²) in [7, 11) is 1.58. The number of rotatable bonds is 12. The zero-order chi connectivity index (χ0) is 26.8. The Labute approximate surface area is 228 Å². The summed E-state index contributed by atoms with van der Waals surface area (Å²) in [5.41, 5.74) is 1.61. The highest BCUT2D eigenvalue weighted by Crippen LogP contribution is 2.24. The van der Waals surface area contributed by atoms with Crippen molar-refractivity contribution in [2.75, 3.05) is 13.7 Å². The van der Waals surface area contributed by atoms with Crippen molar-refractivity contribution in [3.63, 3.8) is 0 Å². The molecule has 0 fully saturated rings. The van der Waals surface area contributed by atoms with Gasteiger partial charge in [0.05, 0.1) is 7.11 Å². The predicted octanol–water partition coefficient (Wildman–Crippen LogP) is 5.94. The first kappa shape index (κ1) is 28.4. The number of ether oxygens (including phenoxy) is 2. The van der Waals surface area contributed by atoms with Gasteiger partial charge in [0.25, 0.3) is 5.91 Å². The summed E-state index contributed by atoms with van der Waals surface area (Å²) >= 11 is 12.6. The van der Waals surface area contributed by atoms with Crippen LogP contribution in [0.3, 0.4) is 0 Å². The summed E-state index contributed by atoms with van der Waals surface area (Å²) in [6, 6.07) is 20.8. The van der Waals surface area contributed by atoms with Crippen LogP contribution >= 0.6 is 23.2 Å². The molecule has 8 heteroatoms. The number of hydrogen-bond donors (Lipinski definition) is 1. The minimum Gasteiger partial charge on any atom is -0.497 e. The number of carbonyl (C=O) groups excluding carboxylic acids is 2. The van der Waals surface area contributed by atoms with Crippen LogP contribution in [0.2, 0.25) is 10.0 Å². The van der Waals surface area contributed by atoms with Gasteiger partial charge in [-0.2, -0.15) is 0 Å². The highest BCUT2D eigenvalue weighted by atomic mass is 35.5. The second-order valence-electron chi connectivity index (χ2n) is 8.74. The van der Waals surface area contributed by atoms with Crippen molar-refractivity contribution in [1.82, 2.24) is 10.2 Å². The van der Waals surface area contributed by atoms with E-state index in [0.717, 1.165) is 12.0 Å². The van der Waals surface area contributed by atoms with E-state index in [-0.39, 0.29) is 31.0 Å². The van der Waals surface area contributed by atoms with Gasteiger partial charge < -0.3 is 19.7 Å². The summed E-state index contributed by atoms with van der Waals surface area (Å²) in [6.45, 7) is 3.80. The Bertz CT molecular complexity index is 1170. The maximum atomic E-state index is 13.6. The van der Waals surface area contributed by atoms with Gasteiger partial charge in [-0.25, -0.2) is 0 Å². The van der Waals surface area contributed by atoms with Gasteiger partial charge in [-0.3, -0.25) is 9.59 Å². The van der Waals surface area contributed by atoms with Gasteiger partial charge in [-0.05, 0) is 60.9 Å². The molecule has 37 heavy (non-hydrogen) atoms. The van der Waals surface area contributed by atoms with E-state index in [1.807, 2.05) is 44.2 Å². The van der Waals surface area contributed by atoms with E-state index in [1.165, 1.54) is 4.90 Å². The van der Waals surface area contributed by atoms with Crippen LogP contribution in [0.15, 0.2) is 72.8 Å². The monoisotopic (exact) mass is 542 g/mol. The number of carbonyl (C=O) groups is 2. The van der Waals surface area contributed by atoms with Crippen molar-refractivity contribution in [3.05, 3.63) is 94.0 Å². The van der Waals surface area contributed by atoms with Crippen molar-refractivity contribution in [3.8, 4) is 11.5 Å². The smallest absolute Gasteiger partial charge is 0.261 e. The van der Waals surface area contributed by atoms with Gasteiger partial charge in [0.2, 0.25) is 5.91 Å². The van der Waals surface area contributed by atoms with Crippen molar-refractivity contribution in [2.45, 2.75) is 45.3 Å². The van der Waals surface area contributed by atoms with Crippen molar-refractivity contribution >= 4 is 35.0 Å². The number of benzene rings is 3. The summed E-state index contributed by atoms with van der Waals surface area (Å²) in [6.07, 6.45) is 1.10. The average Bonchev–Trinajstić information content (AvgIpc) is 2.91. The lowest BCUT2D eigenvalue weighted by molar-refractivity contribution is -0.143. The first-order chi connectivity index (χ1) is 17.8. The Morgan fingerprint density at radius 2 is 1.65 bits per heavy atom. The molecule has 3 aromatic carbocycles. The number of methoxy groups -OCH3 is 1. The largest absolute Gasteiger partial charge is 0.497 e. The molecule has 0 aromatic heterocycles. The first-order valence-electron chi connectivity index (χ1n) is 12.1. The van der Waals surface area contributed by atoms with Crippen LogP contribution in [-0.4, -0.2) is 42.5 Å². The van der Waals surface area contributed by atoms with Crippen molar-refractivity contribution in [1.29, 1.82) is 0 Å². The minimum atomic E-state index is -0.782. The SMILES string of the molecule is CC[C@@H](C)NC(=O)[C@H](Cc1ccccc1)N(Cc1ccc(Cl)cc1Cl)C(=O)COc1ccc(OC)cc1. The first-order valence-corrected chi connectivity index (χ1v) is 12.9. The molecule has 0 saturated carbocycles. The summed E-state index contributed by atoms with van der Waals surface area (Å²) in [4.78, 5) is 28.7. The maximum Gasteiger partial charge on any atom is 0.261 e. The Morgan fingerprint density at radius 1 is 0.973 bits per heavy atom. The normalized spacial score (nSPS) is 12.4. The topological polar surface area (TPSA) is 67.9 Å². The van der Waals surface area contributed by atoms with E-state index in [4.69, 9.17) is 32.7 Å². The molecular weight excluding hydrogens is 511 g/mol. The second-order valence-corrected chi connectivity index (χ2v) is 9.59. The van der Waals surface area contributed by atoms with Gasteiger partial charge in [0.15, 0.2) is 6.61 Å². The lowest BCUT2D eigenvalue weighted by Gasteiger charge is -2.32. The molecule has 3 rings (SSSR count). The molecule has 0 bridgehead atoms. The molecule has 0 aliphatic rings. The lowest BCUT2D eigenvalue weighted by atomic mass is 10.0. The molecule has 196 valence electrons. The van der Waals surface area contributed by atoms with Gasteiger partial charge in [0, 0.05) is 29.1 Å². The number of hydrogen-bond acceptors (Lipinski definition) is 4. The molecule has 0 aliphatic carbocycles. The van der Waals surface area contributed by atoms with E-state index in [1.54, 1.807) is 49.6 Å². The van der Waals surface area contributed by atoms with Gasteiger partial charge in [0.1, 0.15) is 17.5 Å². The summed E-state index contributed by atoms with van der Waals surface area (Å²) in [5, 5.41) is 3.95. The Morgan fingerprint density at radius 3 is 2.27 bits per heavy atom. The van der Waals surface area contributed by atoms with Gasteiger partial charge >= 0.3 is 0 Å². The highest BCUT2D eigenvalue weighted by molar-refractivity contribution is 6.35. The van der Waals surface area contributed by atoms with Crippen LogP contribution in [0.1, 0.15) is 31.4 Å². The number of amides is 2. The molecule has 0 unspecified atom stereocenters. The number of halogens is 2. The lowest BCUT2D eigenvalue weighted by Crippen LogP contribution is -2.53. The highest BCUT2D eigenvalue weighted by Gasteiger charge is 2.31. The summed E-state index contributed by atoms with van der Waals surface area (Å²) in [5.74, 6) is 0.618. The van der Waals surface area contributed by atoms with Crippen molar-refractivity contribution in [2.24, 2.45) is 0 Å². The standard InChI is InChI=1S/C29H32Cl2N2O4/c1-4-20(2)32-29(35)27(16-21-8-6-5-7-9-21)33(18-22-10-11-23(30)17-26(22)31)28(34)19-37-25-14-12-24(36-3)13-15-25/h5-15,17,20,27H,4,16,18-19H2,1-3H3,(H,32,35)/t20-,27+/m1/s1. The Kier molecular flexibility index (Phi) is 10.7. The molecule has 2 amide bonds. The molecule has 2 atom stereocenters. The average molecular weight is 543 g/mol. The zero-order valence-corrected chi connectivity index (χ0v) is 22.8. The number of nitrogens with zero attached hydrogens (tertiary/aromatic N) is 1. The zero-order valence-electron chi connectivity index (χ0n) is 21.2. The van der Waals surface area contributed by atoms with Crippen molar-refractivity contribution < 1.29 is 19.1 Å². The predicted molar refractivity (Wildman–Crippen MR) is 147 cm³/mol. The van der Waals surface area contributed by atoms with Crippen LogP contribution in [-0.2, 0) is 22.6 Å². The summed E-state index contributed by atoms with van der Waals surface area (Å²) < 4.78 is 11.0. The maximum absolute atomic E-state index is 13.6. The van der Waals surface area contributed by atoms with E-state index in [2.05, 4.69) is 5.32 Å². The molecule has 0 spiro atoms. The third-order valence-electron chi connectivity index (χ3n) is 6.05. The fourth-order valence-corrected chi connectivity index (χ4v) is 4.20. The molecule has 1 N–H and O–H groups in total. The van der Waals surface area contributed by atoms with E-state index in [0.29, 0.717) is 33.5 Å². The van der Waals surface area contributed by atoms with Crippen LogP contribution < -0.4 is 14.8 Å². The van der Waals surface area contributed by atoms with E-state index in [9.17, 15) is 9.59 Å². The van der Waals surface area contributed by atoms with Gasteiger partial charge in [-0.1, -0.05) is 66.5 Å². The third kappa shape index (κ3) is 8.41. The third-order valence-corrected chi connectivity index (χ3v) is 6.64. The minimum absolute atomic E-state index is 0.0441. The van der Waals surface area contributed by atoms with E-state index >= 15 is 0 Å². The molecule has 3 aromatic rings. The molecule has 0 aliphatic heterocycles. The quantitative estimate of drug-likeness (QED) is 0.307. The fourth-order valence-electron chi connectivity index (χ4n) is 3.73. The molecule has 0 heterocycles. The van der Waals surface area contributed by atoms with Gasteiger partial charge in [-0.15, -0.1) is 0 Å². The van der Waals surface area contributed by atoms with Crippen LogP contribution in [0.4, 0.5) is 0 Å². The molecule has 0 radical (unpaired) electrons. The molecular formula is C29H32Cl2N2O4. The molecule has 6 nitrogen and oxygen atoms in total. The Hall–Kier alpha value is -3.22. The molecule has 0 saturated heterocycles. The van der Waals surface area contributed by atoms with Crippen LogP contribution in [0.25, 0.3) is 0 Å². The number of nitrogens with one attached hydrogen (secondary N) is 1. The van der Waals surface area contributed by atoms with Crippen LogP contribution in [0, 0.1) is 0 Å². The Balaban J connectivity index is 1.92.